The lowest BCUT2D eigenvalue weighted by Crippen LogP contribution is -2.55. The highest BCUT2D eigenvalue weighted by molar-refractivity contribution is 6.00. The molecule has 4 atom stereocenters. The van der Waals surface area contributed by atoms with Gasteiger partial charge in [0.15, 0.2) is 17.3 Å². The zero-order chi connectivity index (χ0) is 19.4. The molecule has 0 aliphatic carbocycles. The molecule has 1 aromatic carbocycles. The van der Waals surface area contributed by atoms with Crippen LogP contribution in [0.4, 0.5) is 0 Å². The second-order valence-corrected chi connectivity index (χ2v) is 6.87. The van der Waals surface area contributed by atoms with Gasteiger partial charge in [-0.1, -0.05) is 20.3 Å². The smallest absolute Gasteiger partial charge is 0.238 e. The molecule has 1 amide bonds. The van der Waals surface area contributed by atoms with Crippen molar-refractivity contribution >= 4 is 11.7 Å². The van der Waals surface area contributed by atoms with Crippen LogP contribution in [0.3, 0.4) is 0 Å². The monoisotopic (exact) mass is 363 g/mol. The van der Waals surface area contributed by atoms with E-state index < -0.39 is 12.1 Å². The van der Waals surface area contributed by atoms with Crippen LogP contribution in [0.15, 0.2) is 18.2 Å². The van der Waals surface area contributed by atoms with Gasteiger partial charge in [0.25, 0.3) is 0 Å². The minimum absolute atomic E-state index is 0.0573. The van der Waals surface area contributed by atoms with E-state index >= 15 is 0 Å². The predicted octanol–water partition coefficient (Wildman–Crippen LogP) is 1.75. The number of nitrogens with two attached hydrogens (primary N) is 1. The SMILES string of the molecule is CCC(C)C(N)C(=O)NC(C)N(C)C(C)C(=O)c1ccc2c(c1)OCO2. The van der Waals surface area contributed by atoms with E-state index in [1.165, 1.54) is 0 Å². The van der Waals surface area contributed by atoms with Crippen LogP contribution in [-0.4, -0.2) is 48.7 Å². The van der Waals surface area contributed by atoms with Crippen molar-refractivity contribution in [2.45, 2.75) is 52.4 Å². The minimum Gasteiger partial charge on any atom is -0.454 e. The molecule has 144 valence electrons. The van der Waals surface area contributed by atoms with Crippen LogP contribution >= 0.6 is 0 Å². The van der Waals surface area contributed by atoms with Crippen LogP contribution in [0.25, 0.3) is 0 Å². The first kappa shape index (κ1) is 20.2. The maximum Gasteiger partial charge on any atom is 0.238 e. The molecule has 4 unspecified atom stereocenters. The van der Waals surface area contributed by atoms with Crippen LogP contribution < -0.4 is 20.5 Å². The molecule has 0 saturated carbocycles. The second-order valence-electron chi connectivity index (χ2n) is 6.87. The van der Waals surface area contributed by atoms with E-state index in [4.69, 9.17) is 15.2 Å². The lowest BCUT2D eigenvalue weighted by Gasteiger charge is -2.31. The number of fused-ring (bicyclic) bond motifs is 1. The Morgan fingerprint density at radius 2 is 1.88 bits per heavy atom. The molecule has 3 N–H and O–H groups in total. The number of ketones is 1. The van der Waals surface area contributed by atoms with Crippen molar-refractivity contribution in [2.75, 3.05) is 13.8 Å². The van der Waals surface area contributed by atoms with Gasteiger partial charge >= 0.3 is 0 Å². The molecule has 2 rings (SSSR count). The molecule has 1 aliphatic rings. The van der Waals surface area contributed by atoms with E-state index in [1.807, 2.05) is 32.6 Å². The van der Waals surface area contributed by atoms with Gasteiger partial charge in [-0.15, -0.1) is 0 Å². The summed E-state index contributed by atoms with van der Waals surface area (Å²) >= 11 is 0. The number of hydrogen-bond donors (Lipinski definition) is 2. The average molecular weight is 363 g/mol. The van der Waals surface area contributed by atoms with E-state index in [-0.39, 0.29) is 30.6 Å². The summed E-state index contributed by atoms with van der Waals surface area (Å²) < 4.78 is 10.6. The fraction of sp³-hybridized carbons (Fsp3) is 0.579. The minimum atomic E-state index is -0.560. The third kappa shape index (κ3) is 4.34. The van der Waals surface area contributed by atoms with Gasteiger partial charge in [-0.3, -0.25) is 14.5 Å². The highest BCUT2D eigenvalue weighted by Gasteiger charge is 2.27. The van der Waals surface area contributed by atoms with Crippen LogP contribution in [0.1, 0.15) is 44.5 Å². The van der Waals surface area contributed by atoms with E-state index in [0.29, 0.717) is 17.1 Å². The summed E-state index contributed by atoms with van der Waals surface area (Å²) in [7, 11) is 1.80. The van der Waals surface area contributed by atoms with Crippen molar-refractivity contribution < 1.29 is 19.1 Å². The first-order valence-corrected chi connectivity index (χ1v) is 8.98. The first-order chi connectivity index (χ1) is 12.3. The number of carbonyl (C=O) groups excluding carboxylic acids is 2. The van der Waals surface area contributed by atoms with E-state index in [0.717, 1.165) is 6.42 Å². The number of likely N-dealkylation sites (N-methyl/N-ethyl adjacent to an activating group) is 1. The Labute approximate surface area is 154 Å². The van der Waals surface area contributed by atoms with Crippen LogP contribution in [-0.2, 0) is 4.79 Å². The Morgan fingerprint density at radius 1 is 1.23 bits per heavy atom. The fourth-order valence-electron chi connectivity index (χ4n) is 2.73. The molecule has 1 heterocycles. The molecule has 0 bridgehead atoms. The Kier molecular flexibility index (Phi) is 6.61. The largest absolute Gasteiger partial charge is 0.454 e. The summed E-state index contributed by atoms with van der Waals surface area (Å²) in [4.78, 5) is 26.9. The molecule has 26 heavy (non-hydrogen) atoms. The number of rotatable bonds is 8. The number of nitrogens with zero attached hydrogens (tertiary/aromatic N) is 1. The van der Waals surface area contributed by atoms with Gasteiger partial charge in [0, 0.05) is 5.56 Å². The lowest BCUT2D eigenvalue weighted by molar-refractivity contribution is -0.125. The third-order valence-electron chi connectivity index (χ3n) is 5.17. The standard InChI is InChI=1S/C19H29N3O4/c1-6-11(2)17(20)19(24)21-13(4)22(5)12(3)18(23)14-7-8-15-16(9-14)26-10-25-15/h7-9,11-13,17H,6,10,20H2,1-5H3,(H,21,24). The van der Waals surface area contributed by atoms with E-state index in [9.17, 15) is 9.59 Å². The van der Waals surface area contributed by atoms with E-state index in [1.54, 1.807) is 25.2 Å². The number of carbonyl (C=O) groups is 2. The van der Waals surface area contributed by atoms with Gasteiger partial charge in [-0.25, -0.2) is 0 Å². The Morgan fingerprint density at radius 3 is 2.54 bits per heavy atom. The normalized spacial score (nSPS) is 17.5. The fourth-order valence-corrected chi connectivity index (χ4v) is 2.73. The summed E-state index contributed by atoms with van der Waals surface area (Å²) in [5, 5.41) is 2.89. The Hall–Kier alpha value is -2.12. The van der Waals surface area contributed by atoms with Gasteiger partial charge in [-0.05, 0) is 45.0 Å². The average Bonchev–Trinajstić information content (AvgIpc) is 3.12. The maximum absolute atomic E-state index is 12.8. The summed E-state index contributed by atoms with van der Waals surface area (Å²) in [6, 6.07) is 4.17. The quantitative estimate of drug-likeness (QED) is 0.540. The molecule has 0 fully saturated rings. The molecule has 0 spiro atoms. The summed E-state index contributed by atoms with van der Waals surface area (Å²) in [6.07, 6.45) is 0.503. The van der Waals surface area contributed by atoms with Crippen molar-refractivity contribution in [3.63, 3.8) is 0 Å². The zero-order valence-corrected chi connectivity index (χ0v) is 16.1. The molecule has 7 heteroatoms. The number of Topliss-reactive ketones (excluding diaryl/α,β-unsaturated/α-hetero) is 1. The summed E-state index contributed by atoms with van der Waals surface area (Å²) in [6.45, 7) is 7.76. The van der Waals surface area contributed by atoms with Crippen LogP contribution in [0, 0.1) is 5.92 Å². The van der Waals surface area contributed by atoms with Crippen LogP contribution in [0.2, 0.25) is 0 Å². The summed E-state index contributed by atoms with van der Waals surface area (Å²) in [5.74, 6) is 1.05. The number of amides is 1. The molecule has 0 aromatic heterocycles. The molecule has 1 aromatic rings. The Balaban J connectivity index is 2.00. The zero-order valence-electron chi connectivity index (χ0n) is 16.1. The van der Waals surface area contributed by atoms with Crippen molar-refractivity contribution in [3.05, 3.63) is 23.8 Å². The van der Waals surface area contributed by atoms with Gasteiger partial charge < -0.3 is 20.5 Å². The predicted molar refractivity (Wildman–Crippen MR) is 99.2 cm³/mol. The molecular formula is C19H29N3O4. The lowest BCUT2D eigenvalue weighted by atomic mass is 9.99. The number of nitrogens with one attached hydrogen (secondary N) is 1. The van der Waals surface area contributed by atoms with Crippen molar-refractivity contribution in [1.82, 2.24) is 10.2 Å². The van der Waals surface area contributed by atoms with Gasteiger partial charge in [0.1, 0.15) is 0 Å². The Bertz CT molecular complexity index is 664. The molecule has 0 saturated heterocycles. The van der Waals surface area contributed by atoms with Crippen molar-refractivity contribution in [3.8, 4) is 11.5 Å². The molecular weight excluding hydrogens is 334 g/mol. The molecule has 7 nitrogen and oxygen atoms in total. The topological polar surface area (TPSA) is 93.9 Å². The highest BCUT2D eigenvalue weighted by atomic mass is 16.7. The first-order valence-electron chi connectivity index (χ1n) is 8.98. The van der Waals surface area contributed by atoms with Gasteiger partial charge in [0.2, 0.25) is 12.7 Å². The van der Waals surface area contributed by atoms with Crippen molar-refractivity contribution in [2.24, 2.45) is 11.7 Å². The number of ether oxygens (including phenoxy) is 2. The molecule has 0 radical (unpaired) electrons. The maximum atomic E-state index is 12.8. The van der Waals surface area contributed by atoms with Crippen LogP contribution in [0.5, 0.6) is 11.5 Å². The highest BCUT2D eigenvalue weighted by Crippen LogP contribution is 2.33. The van der Waals surface area contributed by atoms with Gasteiger partial charge in [-0.2, -0.15) is 0 Å². The number of hydrogen-bond acceptors (Lipinski definition) is 6. The molecule has 1 aliphatic heterocycles. The van der Waals surface area contributed by atoms with Gasteiger partial charge in [0.05, 0.1) is 18.2 Å². The second kappa shape index (κ2) is 8.51. The van der Waals surface area contributed by atoms with Crippen molar-refractivity contribution in [1.29, 1.82) is 0 Å². The number of benzene rings is 1. The third-order valence-corrected chi connectivity index (χ3v) is 5.17. The van der Waals surface area contributed by atoms with E-state index in [2.05, 4.69) is 5.32 Å². The summed E-state index contributed by atoms with van der Waals surface area (Å²) in [5.41, 5.74) is 6.52.